The normalized spacial score (nSPS) is 17.1. The number of rotatable bonds is 7. The van der Waals surface area contributed by atoms with Gasteiger partial charge >= 0.3 is 0 Å². The lowest BCUT2D eigenvalue weighted by Crippen LogP contribution is -2.38. The van der Waals surface area contributed by atoms with Crippen LogP contribution in [0, 0.1) is 0 Å². The highest BCUT2D eigenvalue weighted by atomic mass is 16.7. The third-order valence-electron chi connectivity index (χ3n) is 6.65. The molecular weight excluding hydrogens is 456 g/mol. The number of hydrogen-bond acceptors (Lipinski definition) is 5. The van der Waals surface area contributed by atoms with Crippen molar-refractivity contribution in [1.29, 1.82) is 0 Å². The lowest BCUT2D eigenvalue weighted by Gasteiger charge is -2.23. The molecule has 0 aliphatic carbocycles. The van der Waals surface area contributed by atoms with Crippen LogP contribution < -0.4 is 19.5 Å². The second-order valence-corrected chi connectivity index (χ2v) is 9.08. The topological polar surface area (TPSA) is 77.1 Å². The molecule has 2 heterocycles. The summed E-state index contributed by atoms with van der Waals surface area (Å²) in [6.07, 6.45) is 0.687. The molecule has 5 rings (SSSR count). The van der Waals surface area contributed by atoms with Gasteiger partial charge in [0, 0.05) is 24.3 Å². The molecule has 0 saturated carbocycles. The highest BCUT2D eigenvalue weighted by molar-refractivity contribution is 5.96. The first-order chi connectivity index (χ1) is 17.6. The van der Waals surface area contributed by atoms with Gasteiger partial charge in [0.25, 0.3) is 5.91 Å². The second kappa shape index (κ2) is 10.3. The van der Waals surface area contributed by atoms with Crippen molar-refractivity contribution in [3.05, 3.63) is 83.4 Å². The van der Waals surface area contributed by atoms with Crippen LogP contribution in [0.25, 0.3) is 0 Å². The molecule has 1 N–H and O–H groups in total. The highest BCUT2D eigenvalue weighted by Crippen LogP contribution is 2.34. The number of amides is 2. The molecule has 2 aliphatic rings. The Morgan fingerprint density at radius 3 is 2.56 bits per heavy atom. The fourth-order valence-electron chi connectivity index (χ4n) is 4.73. The number of carbonyl (C=O) groups is 2. The van der Waals surface area contributed by atoms with Crippen LogP contribution in [0.4, 0.5) is 5.69 Å². The number of ether oxygens (including phenoxy) is 3. The van der Waals surface area contributed by atoms with Gasteiger partial charge in [-0.05, 0) is 54.3 Å². The van der Waals surface area contributed by atoms with Gasteiger partial charge in [-0.2, -0.15) is 0 Å². The van der Waals surface area contributed by atoms with Crippen molar-refractivity contribution < 1.29 is 23.8 Å². The van der Waals surface area contributed by atoms with Gasteiger partial charge in [0.05, 0.1) is 5.92 Å². The van der Waals surface area contributed by atoms with E-state index in [4.69, 9.17) is 14.2 Å². The van der Waals surface area contributed by atoms with Crippen molar-refractivity contribution in [1.82, 2.24) is 4.90 Å². The lowest BCUT2D eigenvalue weighted by molar-refractivity contribution is -0.139. The standard InChI is InChI=1S/C29H30N2O5/c1-3-23(20-8-6-5-7-9-20)28(32)30-22-11-13-25-21(15-22)17-31(29(33)24(4-2)36-25)16-19-10-12-26-27(14-19)35-18-34-26/h5-15,23-24H,3-4,16-18H2,1-2H3,(H,30,32). The molecule has 3 aromatic rings. The Bertz CT molecular complexity index is 1260. The van der Waals surface area contributed by atoms with Crippen LogP contribution in [0.3, 0.4) is 0 Å². The Morgan fingerprint density at radius 1 is 1.00 bits per heavy atom. The fourth-order valence-corrected chi connectivity index (χ4v) is 4.73. The number of anilines is 1. The van der Waals surface area contributed by atoms with Crippen molar-refractivity contribution in [3.63, 3.8) is 0 Å². The van der Waals surface area contributed by atoms with Crippen LogP contribution in [0.5, 0.6) is 17.2 Å². The molecule has 2 aliphatic heterocycles. The molecule has 0 saturated heterocycles. The molecule has 0 bridgehead atoms. The van der Waals surface area contributed by atoms with E-state index in [0.717, 1.165) is 16.7 Å². The van der Waals surface area contributed by atoms with Crippen molar-refractivity contribution >= 4 is 17.5 Å². The molecule has 0 spiro atoms. The summed E-state index contributed by atoms with van der Waals surface area (Å²) in [6.45, 7) is 4.94. The third-order valence-corrected chi connectivity index (χ3v) is 6.65. The summed E-state index contributed by atoms with van der Waals surface area (Å²) in [5, 5.41) is 3.06. The summed E-state index contributed by atoms with van der Waals surface area (Å²) < 4.78 is 17.0. The number of nitrogens with zero attached hydrogens (tertiary/aromatic N) is 1. The van der Waals surface area contributed by atoms with E-state index in [0.29, 0.717) is 48.9 Å². The van der Waals surface area contributed by atoms with Crippen LogP contribution >= 0.6 is 0 Å². The number of nitrogens with one attached hydrogen (secondary N) is 1. The Labute approximate surface area is 211 Å². The first-order valence-corrected chi connectivity index (χ1v) is 12.4. The molecule has 3 aromatic carbocycles. The third kappa shape index (κ3) is 4.87. The zero-order chi connectivity index (χ0) is 25.1. The molecule has 2 atom stereocenters. The van der Waals surface area contributed by atoms with E-state index >= 15 is 0 Å². The van der Waals surface area contributed by atoms with E-state index in [9.17, 15) is 9.59 Å². The van der Waals surface area contributed by atoms with Gasteiger partial charge in [0.1, 0.15) is 5.75 Å². The molecule has 36 heavy (non-hydrogen) atoms. The Hall–Kier alpha value is -4.00. The monoisotopic (exact) mass is 486 g/mol. The van der Waals surface area contributed by atoms with E-state index in [1.165, 1.54) is 0 Å². The molecular formula is C29H30N2O5. The Balaban J connectivity index is 1.37. The lowest BCUT2D eigenvalue weighted by atomic mass is 9.95. The van der Waals surface area contributed by atoms with Crippen molar-refractivity contribution in [3.8, 4) is 17.2 Å². The minimum Gasteiger partial charge on any atom is -0.480 e. The van der Waals surface area contributed by atoms with Crippen LogP contribution in [0.2, 0.25) is 0 Å². The van der Waals surface area contributed by atoms with Crippen LogP contribution in [0.1, 0.15) is 49.3 Å². The summed E-state index contributed by atoms with van der Waals surface area (Å²) in [5.74, 6) is 1.70. The van der Waals surface area contributed by atoms with Gasteiger partial charge in [-0.25, -0.2) is 0 Å². The zero-order valence-electron chi connectivity index (χ0n) is 20.5. The second-order valence-electron chi connectivity index (χ2n) is 9.08. The maximum absolute atomic E-state index is 13.3. The first kappa shape index (κ1) is 23.7. The summed E-state index contributed by atoms with van der Waals surface area (Å²) in [7, 11) is 0. The minimum absolute atomic E-state index is 0.0575. The quantitative estimate of drug-likeness (QED) is 0.494. The maximum Gasteiger partial charge on any atom is 0.264 e. The summed E-state index contributed by atoms with van der Waals surface area (Å²) in [4.78, 5) is 28.2. The molecule has 7 heteroatoms. The summed E-state index contributed by atoms with van der Waals surface area (Å²) >= 11 is 0. The SMILES string of the molecule is CCC1Oc2ccc(NC(=O)C(CC)c3ccccc3)cc2CN(Cc2ccc3c(c2)OCO3)C1=O. The van der Waals surface area contributed by atoms with Crippen molar-refractivity contribution in [2.24, 2.45) is 0 Å². The van der Waals surface area contributed by atoms with E-state index in [2.05, 4.69) is 5.32 Å². The molecule has 2 amide bonds. The molecule has 0 aromatic heterocycles. The van der Waals surface area contributed by atoms with Crippen LogP contribution in [-0.2, 0) is 22.7 Å². The van der Waals surface area contributed by atoms with Crippen molar-refractivity contribution in [2.45, 2.75) is 51.8 Å². The van der Waals surface area contributed by atoms with Gasteiger partial charge in [-0.15, -0.1) is 0 Å². The molecule has 7 nitrogen and oxygen atoms in total. The predicted octanol–water partition coefficient (Wildman–Crippen LogP) is 5.25. The summed E-state index contributed by atoms with van der Waals surface area (Å²) in [6, 6.07) is 21.1. The molecule has 186 valence electrons. The number of hydrogen-bond donors (Lipinski definition) is 1. The van der Waals surface area contributed by atoms with Gasteiger partial charge in [0.15, 0.2) is 17.6 Å². The Morgan fingerprint density at radius 2 is 1.78 bits per heavy atom. The van der Waals surface area contributed by atoms with Crippen LogP contribution in [0.15, 0.2) is 66.7 Å². The molecule has 0 radical (unpaired) electrons. The zero-order valence-corrected chi connectivity index (χ0v) is 20.5. The van der Waals surface area contributed by atoms with Gasteiger partial charge in [-0.1, -0.05) is 50.2 Å². The van der Waals surface area contributed by atoms with Gasteiger partial charge in [0.2, 0.25) is 12.7 Å². The van der Waals surface area contributed by atoms with E-state index in [-0.39, 0.29) is 24.5 Å². The highest BCUT2D eigenvalue weighted by Gasteiger charge is 2.30. The Kier molecular flexibility index (Phi) is 6.80. The number of carbonyl (C=O) groups excluding carboxylic acids is 2. The molecule has 0 fully saturated rings. The average Bonchev–Trinajstić information content (AvgIpc) is 3.31. The van der Waals surface area contributed by atoms with E-state index in [1.54, 1.807) is 4.90 Å². The summed E-state index contributed by atoms with van der Waals surface area (Å²) in [5.41, 5.74) is 3.47. The number of fused-ring (bicyclic) bond motifs is 2. The number of benzene rings is 3. The fraction of sp³-hybridized carbons (Fsp3) is 0.310. The smallest absolute Gasteiger partial charge is 0.264 e. The van der Waals surface area contributed by atoms with Crippen molar-refractivity contribution in [2.75, 3.05) is 12.1 Å². The average molecular weight is 487 g/mol. The van der Waals surface area contributed by atoms with E-state index < -0.39 is 6.10 Å². The maximum atomic E-state index is 13.3. The van der Waals surface area contributed by atoms with E-state index in [1.807, 2.05) is 80.6 Å². The minimum atomic E-state index is -0.566. The first-order valence-electron chi connectivity index (χ1n) is 12.4. The van der Waals surface area contributed by atoms with Gasteiger partial charge < -0.3 is 24.4 Å². The molecule has 2 unspecified atom stereocenters. The van der Waals surface area contributed by atoms with Gasteiger partial charge in [-0.3, -0.25) is 9.59 Å². The largest absolute Gasteiger partial charge is 0.480 e. The van der Waals surface area contributed by atoms with Crippen LogP contribution in [-0.4, -0.2) is 29.6 Å². The predicted molar refractivity (Wildman–Crippen MR) is 136 cm³/mol.